The molecule has 1 aromatic carbocycles. The first-order valence-corrected chi connectivity index (χ1v) is 9.98. The average Bonchev–Trinajstić information content (AvgIpc) is 2.55. The predicted molar refractivity (Wildman–Crippen MR) is 89.4 cm³/mol. The SMILES string of the molecule is C[C@H](OC(=O)c1cccc(S(C)(=O)=O)c1)C(=O)NC1CCCCC1. The number of amides is 1. The van der Waals surface area contributed by atoms with Crippen LogP contribution >= 0.6 is 0 Å². The van der Waals surface area contributed by atoms with Gasteiger partial charge >= 0.3 is 5.97 Å². The Morgan fingerprint density at radius 2 is 1.88 bits per heavy atom. The minimum Gasteiger partial charge on any atom is -0.449 e. The zero-order valence-electron chi connectivity index (χ0n) is 13.9. The molecule has 1 aliphatic carbocycles. The second-order valence-electron chi connectivity index (χ2n) is 6.19. The van der Waals surface area contributed by atoms with Crippen molar-refractivity contribution in [1.82, 2.24) is 5.32 Å². The fourth-order valence-electron chi connectivity index (χ4n) is 2.70. The van der Waals surface area contributed by atoms with E-state index in [4.69, 9.17) is 4.74 Å². The van der Waals surface area contributed by atoms with Crippen molar-refractivity contribution in [2.24, 2.45) is 0 Å². The number of benzene rings is 1. The number of carbonyl (C=O) groups is 2. The van der Waals surface area contributed by atoms with Crippen LogP contribution in [0.5, 0.6) is 0 Å². The van der Waals surface area contributed by atoms with Gasteiger partial charge in [-0.3, -0.25) is 4.79 Å². The smallest absolute Gasteiger partial charge is 0.338 e. The van der Waals surface area contributed by atoms with Crippen LogP contribution in [0.2, 0.25) is 0 Å². The molecule has 0 unspecified atom stereocenters. The summed E-state index contributed by atoms with van der Waals surface area (Å²) in [5.74, 6) is -1.04. The Labute approximate surface area is 142 Å². The van der Waals surface area contributed by atoms with Gasteiger partial charge in [-0.1, -0.05) is 25.3 Å². The van der Waals surface area contributed by atoms with Crippen molar-refractivity contribution in [2.45, 2.75) is 56.1 Å². The van der Waals surface area contributed by atoms with Gasteiger partial charge in [0.05, 0.1) is 10.5 Å². The zero-order chi connectivity index (χ0) is 17.7. The molecule has 132 valence electrons. The summed E-state index contributed by atoms with van der Waals surface area (Å²) >= 11 is 0. The number of hydrogen-bond acceptors (Lipinski definition) is 5. The Morgan fingerprint density at radius 3 is 2.50 bits per heavy atom. The monoisotopic (exact) mass is 353 g/mol. The van der Waals surface area contributed by atoms with Gasteiger partial charge in [0, 0.05) is 12.3 Å². The summed E-state index contributed by atoms with van der Waals surface area (Å²) in [5, 5.41) is 2.90. The van der Waals surface area contributed by atoms with Gasteiger partial charge in [0.25, 0.3) is 5.91 Å². The number of sulfone groups is 1. The van der Waals surface area contributed by atoms with Gasteiger partial charge < -0.3 is 10.1 Å². The zero-order valence-corrected chi connectivity index (χ0v) is 14.8. The van der Waals surface area contributed by atoms with Crippen LogP contribution in [-0.4, -0.2) is 38.7 Å². The number of carbonyl (C=O) groups excluding carboxylic acids is 2. The van der Waals surface area contributed by atoms with Gasteiger partial charge in [-0.25, -0.2) is 13.2 Å². The summed E-state index contributed by atoms with van der Waals surface area (Å²) in [6, 6.07) is 5.73. The third kappa shape index (κ3) is 5.06. The number of ether oxygens (including phenoxy) is 1. The standard InChI is InChI=1S/C17H23NO5S/c1-12(16(19)18-14-8-4-3-5-9-14)23-17(20)13-7-6-10-15(11-13)24(2,21)22/h6-7,10-12,14H,3-5,8-9H2,1-2H3,(H,18,19)/t12-/m0/s1. The van der Waals surface area contributed by atoms with E-state index in [1.807, 2.05) is 0 Å². The second kappa shape index (κ2) is 7.79. The van der Waals surface area contributed by atoms with E-state index in [9.17, 15) is 18.0 Å². The van der Waals surface area contributed by atoms with Crippen molar-refractivity contribution in [3.05, 3.63) is 29.8 Å². The van der Waals surface area contributed by atoms with E-state index in [1.54, 1.807) is 0 Å². The topological polar surface area (TPSA) is 89.5 Å². The third-order valence-electron chi connectivity index (χ3n) is 4.10. The molecule has 1 N–H and O–H groups in total. The van der Waals surface area contributed by atoms with Crippen molar-refractivity contribution in [1.29, 1.82) is 0 Å². The lowest BCUT2D eigenvalue weighted by atomic mass is 9.95. The first-order chi connectivity index (χ1) is 11.3. The molecule has 0 spiro atoms. The van der Waals surface area contributed by atoms with Crippen LogP contribution in [0.4, 0.5) is 0 Å². The molecule has 1 atom stereocenters. The molecule has 0 bridgehead atoms. The highest BCUT2D eigenvalue weighted by Crippen LogP contribution is 2.18. The maximum atomic E-state index is 12.1. The van der Waals surface area contributed by atoms with E-state index >= 15 is 0 Å². The Hall–Kier alpha value is -1.89. The number of esters is 1. The lowest BCUT2D eigenvalue weighted by Gasteiger charge is -2.24. The molecule has 1 fully saturated rings. The molecule has 1 amide bonds. The molecule has 0 radical (unpaired) electrons. The number of rotatable bonds is 5. The molecule has 6 nitrogen and oxygen atoms in total. The Bertz CT molecular complexity index is 707. The fraction of sp³-hybridized carbons (Fsp3) is 0.529. The summed E-state index contributed by atoms with van der Waals surface area (Å²) in [6.45, 7) is 1.51. The second-order valence-corrected chi connectivity index (χ2v) is 8.21. The van der Waals surface area contributed by atoms with Gasteiger partial charge in [-0.05, 0) is 38.0 Å². The molecule has 1 saturated carbocycles. The largest absolute Gasteiger partial charge is 0.449 e. The Balaban J connectivity index is 1.97. The van der Waals surface area contributed by atoms with E-state index in [2.05, 4.69) is 5.32 Å². The highest BCUT2D eigenvalue weighted by Gasteiger charge is 2.23. The van der Waals surface area contributed by atoms with Crippen molar-refractivity contribution in [3.63, 3.8) is 0 Å². The van der Waals surface area contributed by atoms with Crippen LogP contribution in [0.15, 0.2) is 29.2 Å². The quantitative estimate of drug-likeness (QED) is 0.819. The van der Waals surface area contributed by atoms with E-state index in [1.165, 1.54) is 37.6 Å². The summed E-state index contributed by atoms with van der Waals surface area (Å²) in [6.07, 6.45) is 5.41. The minimum atomic E-state index is -3.41. The molecule has 0 heterocycles. The van der Waals surface area contributed by atoms with E-state index < -0.39 is 21.9 Å². The van der Waals surface area contributed by atoms with Crippen LogP contribution in [0.1, 0.15) is 49.4 Å². The summed E-state index contributed by atoms with van der Waals surface area (Å²) < 4.78 is 28.2. The fourth-order valence-corrected chi connectivity index (χ4v) is 3.37. The van der Waals surface area contributed by atoms with Gasteiger partial charge in [0.1, 0.15) is 0 Å². The van der Waals surface area contributed by atoms with Crippen LogP contribution < -0.4 is 5.32 Å². The molecule has 1 aliphatic rings. The van der Waals surface area contributed by atoms with E-state index in [0.717, 1.165) is 31.9 Å². The molecule has 2 rings (SSSR count). The number of nitrogens with one attached hydrogen (secondary N) is 1. The van der Waals surface area contributed by atoms with Gasteiger partial charge in [-0.2, -0.15) is 0 Å². The first kappa shape index (κ1) is 18.4. The van der Waals surface area contributed by atoms with Gasteiger partial charge in [-0.15, -0.1) is 0 Å². The van der Waals surface area contributed by atoms with Crippen LogP contribution in [0, 0.1) is 0 Å². The van der Waals surface area contributed by atoms with Crippen LogP contribution in [-0.2, 0) is 19.4 Å². The van der Waals surface area contributed by atoms with E-state index in [-0.39, 0.29) is 22.4 Å². The molecule has 24 heavy (non-hydrogen) atoms. The highest BCUT2D eigenvalue weighted by atomic mass is 32.2. The van der Waals surface area contributed by atoms with E-state index in [0.29, 0.717) is 0 Å². The maximum absolute atomic E-state index is 12.1. The highest BCUT2D eigenvalue weighted by molar-refractivity contribution is 7.90. The predicted octanol–water partition coefficient (Wildman–Crippen LogP) is 2.08. The van der Waals surface area contributed by atoms with Crippen molar-refractivity contribution >= 4 is 21.7 Å². The van der Waals surface area contributed by atoms with Crippen LogP contribution in [0.25, 0.3) is 0 Å². The van der Waals surface area contributed by atoms with Crippen molar-refractivity contribution < 1.29 is 22.7 Å². The van der Waals surface area contributed by atoms with Crippen molar-refractivity contribution in [3.8, 4) is 0 Å². The van der Waals surface area contributed by atoms with Crippen molar-refractivity contribution in [2.75, 3.05) is 6.26 Å². The van der Waals surface area contributed by atoms with Gasteiger partial charge in [0.2, 0.25) is 0 Å². The third-order valence-corrected chi connectivity index (χ3v) is 5.21. The minimum absolute atomic E-state index is 0.0382. The van der Waals surface area contributed by atoms with Crippen LogP contribution in [0.3, 0.4) is 0 Å². The molecule has 0 aliphatic heterocycles. The summed E-state index contributed by atoms with van der Waals surface area (Å²) in [7, 11) is -3.41. The summed E-state index contributed by atoms with van der Waals surface area (Å²) in [5.41, 5.74) is 0.107. The molecule has 7 heteroatoms. The average molecular weight is 353 g/mol. The normalized spacial score (nSPS) is 17.1. The molecule has 0 saturated heterocycles. The first-order valence-electron chi connectivity index (χ1n) is 8.09. The lowest BCUT2D eigenvalue weighted by molar-refractivity contribution is -0.130. The maximum Gasteiger partial charge on any atom is 0.338 e. The van der Waals surface area contributed by atoms with Gasteiger partial charge in [0.15, 0.2) is 15.9 Å². The lowest BCUT2D eigenvalue weighted by Crippen LogP contribution is -2.42. The summed E-state index contributed by atoms with van der Waals surface area (Å²) in [4.78, 5) is 24.3. The Kier molecular flexibility index (Phi) is 5.99. The Morgan fingerprint density at radius 1 is 1.21 bits per heavy atom. The number of hydrogen-bond donors (Lipinski definition) is 1. The molecule has 0 aromatic heterocycles. The molecular formula is C17H23NO5S. The molecular weight excluding hydrogens is 330 g/mol. The molecule has 1 aromatic rings.